The van der Waals surface area contributed by atoms with E-state index in [9.17, 15) is 4.21 Å². The maximum Gasteiger partial charge on any atom is 0.191 e. The van der Waals surface area contributed by atoms with E-state index < -0.39 is 10.8 Å². The highest BCUT2D eigenvalue weighted by molar-refractivity contribution is 7.85. The molecule has 2 aromatic rings. The van der Waals surface area contributed by atoms with Crippen LogP contribution < -0.4 is 15.4 Å². The Hall–Kier alpha value is -2.34. The van der Waals surface area contributed by atoms with E-state index in [0.29, 0.717) is 12.3 Å². The topological polar surface area (TPSA) is 62.7 Å². The lowest BCUT2D eigenvalue weighted by molar-refractivity contribution is 0.409. The third-order valence-electron chi connectivity index (χ3n) is 4.02. The molecule has 2 aromatic carbocycles. The Morgan fingerprint density at radius 1 is 1.15 bits per heavy atom. The molecule has 6 heteroatoms. The summed E-state index contributed by atoms with van der Waals surface area (Å²) >= 11 is 0. The second kappa shape index (κ2) is 11.4. The highest BCUT2D eigenvalue weighted by Crippen LogP contribution is 2.19. The van der Waals surface area contributed by atoms with Crippen LogP contribution in [-0.2, 0) is 17.2 Å². The maximum absolute atomic E-state index is 12.3. The molecular formula is C21H29N3O2S. The van der Waals surface area contributed by atoms with Crippen LogP contribution in [0.4, 0.5) is 0 Å². The lowest BCUT2D eigenvalue weighted by atomic mass is 10.1. The van der Waals surface area contributed by atoms with E-state index in [2.05, 4.69) is 28.6 Å². The molecule has 0 aliphatic heterocycles. The molecule has 1 unspecified atom stereocenters. The molecule has 0 saturated heterocycles. The molecule has 0 spiro atoms. The van der Waals surface area contributed by atoms with Crippen LogP contribution in [0.25, 0.3) is 0 Å². The lowest BCUT2D eigenvalue weighted by Crippen LogP contribution is -2.38. The summed E-state index contributed by atoms with van der Waals surface area (Å²) in [6.45, 7) is 6.14. The molecule has 1 atom stereocenters. The molecule has 2 N–H and O–H groups in total. The second-order valence-electron chi connectivity index (χ2n) is 6.12. The Balaban J connectivity index is 1.86. The molecule has 2 rings (SSSR count). The second-order valence-corrected chi connectivity index (χ2v) is 7.69. The molecule has 146 valence electrons. The monoisotopic (exact) mass is 387 g/mol. The van der Waals surface area contributed by atoms with E-state index in [1.807, 2.05) is 49.4 Å². The Kier molecular flexibility index (Phi) is 8.84. The van der Waals surface area contributed by atoms with Gasteiger partial charge in [0.25, 0.3) is 0 Å². The number of guanidine groups is 1. The first-order chi connectivity index (χ1) is 13.1. The standard InChI is InChI=1S/C21H29N3O2S/c1-4-22-21(24-14-15-27(25)19-8-6-5-7-9-19)23-13-12-18-16-17(2)10-11-20(18)26-3/h5-11,16H,4,12-15H2,1-3H3,(H2,22,23,24). The van der Waals surface area contributed by atoms with Gasteiger partial charge in [0.15, 0.2) is 5.96 Å². The van der Waals surface area contributed by atoms with Crippen molar-refractivity contribution in [1.82, 2.24) is 10.6 Å². The number of rotatable bonds is 9. The van der Waals surface area contributed by atoms with Crippen LogP contribution in [0.3, 0.4) is 0 Å². The summed E-state index contributed by atoms with van der Waals surface area (Å²) in [6, 6.07) is 15.7. The summed E-state index contributed by atoms with van der Waals surface area (Å²) in [7, 11) is 0.669. The van der Waals surface area contributed by atoms with Crippen LogP contribution in [0.15, 0.2) is 58.4 Å². The van der Waals surface area contributed by atoms with Crippen LogP contribution in [0.1, 0.15) is 18.1 Å². The van der Waals surface area contributed by atoms with Gasteiger partial charge in [-0.25, -0.2) is 0 Å². The van der Waals surface area contributed by atoms with Gasteiger partial charge in [0.2, 0.25) is 0 Å². The number of methoxy groups -OCH3 is 1. The van der Waals surface area contributed by atoms with Gasteiger partial charge in [-0.2, -0.15) is 0 Å². The van der Waals surface area contributed by atoms with E-state index in [4.69, 9.17) is 4.74 Å². The number of nitrogens with zero attached hydrogens (tertiary/aromatic N) is 1. The molecule has 0 saturated carbocycles. The SMILES string of the molecule is CCNC(=NCCS(=O)c1ccccc1)NCCc1cc(C)ccc1OC. The van der Waals surface area contributed by atoms with Crippen LogP contribution in [0.2, 0.25) is 0 Å². The fourth-order valence-electron chi connectivity index (χ4n) is 2.69. The first-order valence-corrected chi connectivity index (χ1v) is 10.5. The van der Waals surface area contributed by atoms with E-state index in [0.717, 1.165) is 36.1 Å². The van der Waals surface area contributed by atoms with Crippen LogP contribution in [-0.4, -0.2) is 42.7 Å². The molecule has 27 heavy (non-hydrogen) atoms. The number of aliphatic imine (C=N–C) groups is 1. The van der Waals surface area contributed by atoms with Crippen molar-refractivity contribution in [3.8, 4) is 5.75 Å². The van der Waals surface area contributed by atoms with Crippen LogP contribution in [0.5, 0.6) is 5.75 Å². The van der Waals surface area contributed by atoms with Crippen molar-refractivity contribution in [3.63, 3.8) is 0 Å². The Morgan fingerprint density at radius 3 is 2.63 bits per heavy atom. The zero-order chi connectivity index (χ0) is 19.5. The number of nitrogens with one attached hydrogen (secondary N) is 2. The molecule has 0 amide bonds. The lowest BCUT2D eigenvalue weighted by Gasteiger charge is -2.13. The number of ether oxygens (including phenoxy) is 1. The minimum atomic E-state index is -1.03. The van der Waals surface area contributed by atoms with Gasteiger partial charge in [-0.15, -0.1) is 0 Å². The summed E-state index contributed by atoms with van der Waals surface area (Å²) in [5, 5.41) is 6.57. The average Bonchev–Trinajstić information content (AvgIpc) is 2.68. The molecule has 0 aromatic heterocycles. The van der Waals surface area contributed by atoms with Crippen LogP contribution in [0, 0.1) is 6.92 Å². The molecule has 0 aliphatic carbocycles. The van der Waals surface area contributed by atoms with Crippen molar-refractivity contribution in [2.45, 2.75) is 25.2 Å². The number of benzene rings is 2. The van der Waals surface area contributed by atoms with Gasteiger partial charge in [0.05, 0.1) is 24.5 Å². The van der Waals surface area contributed by atoms with Crippen LogP contribution >= 0.6 is 0 Å². The quantitative estimate of drug-likeness (QED) is 0.513. The number of hydrogen-bond acceptors (Lipinski definition) is 3. The highest BCUT2D eigenvalue weighted by atomic mass is 32.2. The molecular weight excluding hydrogens is 358 g/mol. The summed E-state index contributed by atoms with van der Waals surface area (Å²) in [4.78, 5) is 5.39. The Bertz CT molecular complexity index is 763. The van der Waals surface area contributed by atoms with E-state index in [1.54, 1.807) is 7.11 Å². The number of aryl methyl sites for hydroxylation is 1. The van der Waals surface area contributed by atoms with Crippen molar-refractivity contribution in [1.29, 1.82) is 0 Å². The van der Waals surface area contributed by atoms with Crippen molar-refractivity contribution in [3.05, 3.63) is 59.7 Å². The zero-order valence-corrected chi connectivity index (χ0v) is 17.1. The minimum absolute atomic E-state index is 0.505. The van der Waals surface area contributed by atoms with Gasteiger partial charge in [-0.1, -0.05) is 35.9 Å². The largest absolute Gasteiger partial charge is 0.496 e. The molecule has 0 fully saturated rings. The van der Waals surface area contributed by atoms with Gasteiger partial charge in [-0.05, 0) is 44.0 Å². The predicted octanol–water partition coefficient (Wildman–Crippen LogP) is 2.91. The third-order valence-corrected chi connectivity index (χ3v) is 5.37. The summed E-state index contributed by atoms with van der Waals surface area (Å²) in [5.74, 6) is 2.16. The highest BCUT2D eigenvalue weighted by Gasteiger charge is 2.05. The van der Waals surface area contributed by atoms with Crippen molar-refractivity contribution >= 4 is 16.8 Å². The molecule has 0 aliphatic rings. The smallest absolute Gasteiger partial charge is 0.191 e. The minimum Gasteiger partial charge on any atom is -0.496 e. The maximum atomic E-state index is 12.3. The average molecular weight is 388 g/mol. The van der Waals surface area contributed by atoms with Gasteiger partial charge in [0.1, 0.15) is 5.75 Å². The summed E-state index contributed by atoms with van der Waals surface area (Å²) < 4.78 is 17.7. The summed E-state index contributed by atoms with van der Waals surface area (Å²) in [6.07, 6.45) is 0.839. The van der Waals surface area contributed by atoms with E-state index in [-0.39, 0.29) is 0 Å². The van der Waals surface area contributed by atoms with Gasteiger partial charge in [-0.3, -0.25) is 9.20 Å². The third kappa shape index (κ3) is 7.06. The normalized spacial score (nSPS) is 12.5. The molecule has 5 nitrogen and oxygen atoms in total. The zero-order valence-electron chi connectivity index (χ0n) is 16.3. The fraction of sp³-hybridized carbons (Fsp3) is 0.381. The van der Waals surface area contributed by atoms with Gasteiger partial charge >= 0.3 is 0 Å². The predicted molar refractivity (Wildman–Crippen MR) is 113 cm³/mol. The van der Waals surface area contributed by atoms with E-state index >= 15 is 0 Å². The molecule has 0 radical (unpaired) electrons. The molecule has 0 bridgehead atoms. The first kappa shape index (κ1) is 21.0. The van der Waals surface area contributed by atoms with E-state index in [1.165, 1.54) is 11.1 Å². The van der Waals surface area contributed by atoms with Crippen molar-refractivity contribution in [2.24, 2.45) is 4.99 Å². The van der Waals surface area contributed by atoms with Crippen molar-refractivity contribution in [2.75, 3.05) is 32.5 Å². The fourth-order valence-corrected chi connectivity index (χ4v) is 3.64. The Morgan fingerprint density at radius 2 is 1.93 bits per heavy atom. The van der Waals surface area contributed by atoms with Crippen molar-refractivity contribution < 1.29 is 8.95 Å². The Labute approximate surface area is 164 Å². The summed E-state index contributed by atoms with van der Waals surface area (Å²) in [5.41, 5.74) is 2.39. The first-order valence-electron chi connectivity index (χ1n) is 9.23. The van der Waals surface area contributed by atoms with Gasteiger partial charge < -0.3 is 15.4 Å². The van der Waals surface area contributed by atoms with Gasteiger partial charge in [0, 0.05) is 23.7 Å². The molecule has 0 heterocycles. The number of hydrogen-bond donors (Lipinski definition) is 2.